The lowest BCUT2D eigenvalue weighted by atomic mass is 9.94. The molecule has 0 aliphatic carbocycles. The summed E-state index contributed by atoms with van der Waals surface area (Å²) in [6.07, 6.45) is 5.68. The van der Waals surface area contributed by atoms with Crippen LogP contribution in [-0.2, 0) is 9.90 Å². The van der Waals surface area contributed by atoms with Gasteiger partial charge in [-0.1, -0.05) is 39.5 Å². The molecule has 0 N–H and O–H groups in total. The number of carbonyl (C=O) groups excluding carboxylic acids is 1. The highest BCUT2D eigenvalue weighted by Crippen LogP contribution is 2.17. The van der Waals surface area contributed by atoms with Crippen molar-refractivity contribution in [1.82, 2.24) is 0 Å². The Labute approximate surface area is 75.0 Å². The summed E-state index contributed by atoms with van der Waals surface area (Å²) in [5, 5.41) is 10.2. The lowest BCUT2D eigenvalue weighted by molar-refractivity contribution is -0.143. The number of rotatable bonds is 7. The summed E-state index contributed by atoms with van der Waals surface area (Å²) in [6, 6.07) is 0. The highest BCUT2D eigenvalue weighted by molar-refractivity contribution is 5.66. The lowest BCUT2D eigenvalue weighted by Gasteiger charge is -2.11. The summed E-state index contributed by atoms with van der Waals surface area (Å²) < 4.78 is 0. The van der Waals surface area contributed by atoms with Crippen LogP contribution >= 0.6 is 0 Å². The van der Waals surface area contributed by atoms with Gasteiger partial charge in [-0.15, -0.1) is 0 Å². The molecular formula is C10H19O2. The minimum absolute atomic E-state index is 0.224. The molecule has 1 unspecified atom stereocenters. The van der Waals surface area contributed by atoms with E-state index in [-0.39, 0.29) is 6.42 Å². The van der Waals surface area contributed by atoms with Gasteiger partial charge < -0.3 is 0 Å². The Morgan fingerprint density at radius 1 is 1.25 bits per heavy atom. The van der Waals surface area contributed by atoms with Crippen LogP contribution < -0.4 is 0 Å². The Morgan fingerprint density at radius 3 is 2.33 bits per heavy atom. The van der Waals surface area contributed by atoms with E-state index in [9.17, 15) is 9.90 Å². The monoisotopic (exact) mass is 171 g/mol. The van der Waals surface area contributed by atoms with E-state index < -0.39 is 5.97 Å². The molecule has 0 rings (SSSR count). The van der Waals surface area contributed by atoms with E-state index in [1.807, 2.05) is 0 Å². The second kappa shape index (κ2) is 7.14. The Morgan fingerprint density at radius 2 is 1.92 bits per heavy atom. The van der Waals surface area contributed by atoms with Gasteiger partial charge in [0, 0.05) is 0 Å². The number of hydrogen-bond acceptors (Lipinski definition) is 1. The molecule has 0 aliphatic rings. The number of carbonyl (C=O) groups is 1. The van der Waals surface area contributed by atoms with E-state index >= 15 is 0 Å². The maximum absolute atomic E-state index is 10.2. The van der Waals surface area contributed by atoms with Crippen molar-refractivity contribution in [1.29, 1.82) is 0 Å². The Balaban J connectivity index is 3.45. The molecule has 0 heterocycles. The molecule has 0 bridgehead atoms. The quantitative estimate of drug-likeness (QED) is 0.580. The topological polar surface area (TPSA) is 37.0 Å². The zero-order valence-electron chi connectivity index (χ0n) is 8.14. The first kappa shape index (κ1) is 11.5. The predicted molar refractivity (Wildman–Crippen MR) is 48.2 cm³/mol. The molecule has 0 fully saturated rings. The summed E-state index contributed by atoms with van der Waals surface area (Å²) in [7, 11) is 0. The molecule has 0 aliphatic heterocycles. The van der Waals surface area contributed by atoms with E-state index in [0.29, 0.717) is 5.92 Å². The first-order valence-corrected chi connectivity index (χ1v) is 4.90. The van der Waals surface area contributed by atoms with Crippen LogP contribution in [0.2, 0.25) is 0 Å². The van der Waals surface area contributed by atoms with Gasteiger partial charge in [0.2, 0.25) is 0 Å². The number of hydrogen-bond donors (Lipinski definition) is 0. The Bertz CT molecular complexity index is 121. The SMILES string of the molecule is CCCCC(CC)CCC([O])=O. The van der Waals surface area contributed by atoms with E-state index in [2.05, 4.69) is 13.8 Å². The lowest BCUT2D eigenvalue weighted by Crippen LogP contribution is -2.02. The van der Waals surface area contributed by atoms with Gasteiger partial charge in [-0.25, -0.2) is 9.90 Å². The van der Waals surface area contributed by atoms with Gasteiger partial charge >= 0.3 is 5.97 Å². The van der Waals surface area contributed by atoms with Crippen molar-refractivity contribution in [2.75, 3.05) is 0 Å². The van der Waals surface area contributed by atoms with E-state index in [0.717, 1.165) is 12.8 Å². The maximum atomic E-state index is 10.2. The fourth-order valence-electron chi connectivity index (χ4n) is 1.37. The molecule has 1 atom stereocenters. The van der Waals surface area contributed by atoms with Crippen LogP contribution in [0.25, 0.3) is 0 Å². The molecular weight excluding hydrogens is 152 g/mol. The molecule has 12 heavy (non-hydrogen) atoms. The third kappa shape index (κ3) is 6.20. The van der Waals surface area contributed by atoms with Crippen LogP contribution in [0.3, 0.4) is 0 Å². The fourth-order valence-corrected chi connectivity index (χ4v) is 1.37. The molecule has 0 amide bonds. The summed E-state index contributed by atoms with van der Waals surface area (Å²) in [4.78, 5) is 10.2. The smallest absolute Gasteiger partial charge is 0.247 e. The van der Waals surface area contributed by atoms with Crippen LogP contribution in [-0.4, -0.2) is 5.97 Å². The highest BCUT2D eigenvalue weighted by atomic mass is 16.4. The van der Waals surface area contributed by atoms with Crippen LogP contribution in [0.1, 0.15) is 52.4 Å². The largest absolute Gasteiger partial charge is 0.355 e. The van der Waals surface area contributed by atoms with Gasteiger partial charge in [-0.2, -0.15) is 0 Å². The third-order valence-electron chi connectivity index (χ3n) is 2.30. The normalized spacial score (nSPS) is 12.8. The molecule has 71 valence electrons. The predicted octanol–water partition coefficient (Wildman–Crippen LogP) is 2.94. The maximum Gasteiger partial charge on any atom is 0.355 e. The van der Waals surface area contributed by atoms with Crippen molar-refractivity contribution in [3.63, 3.8) is 0 Å². The molecule has 0 aromatic carbocycles. The van der Waals surface area contributed by atoms with Crippen LogP contribution in [0, 0.1) is 5.92 Å². The summed E-state index contributed by atoms with van der Waals surface area (Å²) in [5.74, 6) is -0.326. The second-order valence-electron chi connectivity index (χ2n) is 3.33. The standard InChI is InChI=1S/C10H19O2/c1-3-5-6-9(4-2)7-8-10(11)12/h9H,3-8H2,1-2H3. The summed E-state index contributed by atoms with van der Waals surface area (Å²) in [6.45, 7) is 4.28. The first-order chi connectivity index (χ1) is 5.70. The van der Waals surface area contributed by atoms with Gasteiger partial charge in [0.15, 0.2) is 0 Å². The van der Waals surface area contributed by atoms with Gasteiger partial charge in [-0.05, 0) is 12.3 Å². The molecule has 1 radical (unpaired) electrons. The highest BCUT2D eigenvalue weighted by Gasteiger charge is 2.08. The third-order valence-corrected chi connectivity index (χ3v) is 2.30. The first-order valence-electron chi connectivity index (χ1n) is 4.90. The minimum atomic E-state index is -0.912. The summed E-state index contributed by atoms with van der Waals surface area (Å²) >= 11 is 0. The van der Waals surface area contributed by atoms with E-state index in [4.69, 9.17) is 0 Å². The average Bonchev–Trinajstić information content (AvgIpc) is 2.05. The molecule has 0 aromatic rings. The van der Waals surface area contributed by atoms with Gasteiger partial charge in [0.1, 0.15) is 0 Å². The molecule has 0 saturated heterocycles. The fraction of sp³-hybridized carbons (Fsp3) is 0.900. The van der Waals surface area contributed by atoms with E-state index in [1.165, 1.54) is 19.3 Å². The molecule has 0 aromatic heterocycles. The van der Waals surface area contributed by atoms with Crippen molar-refractivity contribution < 1.29 is 9.90 Å². The van der Waals surface area contributed by atoms with Gasteiger partial charge in [0.25, 0.3) is 0 Å². The molecule has 0 spiro atoms. The summed E-state index contributed by atoms with van der Waals surface area (Å²) in [5.41, 5.74) is 0. The Kier molecular flexibility index (Phi) is 6.82. The van der Waals surface area contributed by atoms with Crippen molar-refractivity contribution >= 4 is 5.97 Å². The van der Waals surface area contributed by atoms with Crippen LogP contribution in [0.4, 0.5) is 0 Å². The van der Waals surface area contributed by atoms with Crippen LogP contribution in [0.5, 0.6) is 0 Å². The molecule has 0 saturated carbocycles. The van der Waals surface area contributed by atoms with Crippen molar-refractivity contribution in [3.05, 3.63) is 0 Å². The van der Waals surface area contributed by atoms with Crippen LogP contribution in [0.15, 0.2) is 0 Å². The zero-order valence-corrected chi connectivity index (χ0v) is 8.14. The Hall–Kier alpha value is -0.530. The van der Waals surface area contributed by atoms with Gasteiger partial charge in [-0.3, -0.25) is 0 Å². The van der Waals surface area contributed by atoms with Crippen molar-refractivity contribution in [2.45, 2.75) is 52.4 Å². The van der Waals surface area contributed by atoms with Crippen molar-refractivity contribution in [2.24, 2.45) is 5.92 Å². The average molecular weight is 171 g/mol. The van der Waals surface area contributed by atoms with Crippen molar-refractivity contribution in [3.8, 4) is 0 Å². The molecule has 2 nitrogen and oxygen atoms in total. The minimum Gasteiger partial charge on any atom is -0.247 e. The second-order valence-corrected chi connectivity index (χ2v) is 3.33. The van der Waals surface area contributed by atoms with E-state index in [1.54, 1.807) is 0 Å². The number of unbranched alkanes of at least 4 members (excludes halogenated alkanes) is 1. The van der Waals surface area contributed by atoms with Gasteiger partial charge in [0.05, 0.1) is 6.42 Å². The zero-order chi connectivity index (χ0) is 9.40. The molecule has 2 heteroatoms.